The number of nitrogens with one attached hydrogen (secondary N) is 1. The number of carbonyl (C=O) groups is 1. The molecule has 7 nitrogen and oxygen atoms in total. The molecule has 1 unspecified atom stereocenters. The van der Waals surface area contributed by atoms with E-state index in [4.69, 9.17) is 4.98 Å². The first-order valence-electron chi connectivity index (χ1n) is 8.64. The van der Waals surface area contributed by atoms with Crippen molar-refractivity contribution in [3.63, 3.8) is 0 Å². The van der Waals surface area contributed by atoms with Crippen LogP contribution in [0.2, 0.25) is 0 Å². The number of anilines is 2. The highest BCUT2D eigenvalue weighted by molar-refractivity contribution is 5.83. The lowest BCUT2D eigenvalue weighted by Crippen LogP contribution is -2.36. The molecule has 1 atom stereocenters. The first-order chi connectivity index (χ1) is 13.3. The predicted molar refractivity (Wildman–Crippen MR) is 103 cm³/mol. The summed E-state index contributed by atoms with van der Waals surface area (Å²) in [7, 11) is 0. The average Bonchev–Trinajstić information content (AvgIpc) is 3.30. The summed E-state index contributed by atoms with van der Waals surface area (Å²) in [6, 6.07) is 15.7. The molecule has 0 saturated carbocycles. The summed E-state index contributed by atoms with van der Waals surface area (Å²) in [5, 5.41) is 3.21. The predicted octanol–water partition coefficient (Wildman–Crippen LogP) is 2.77. The fourth-order valence-corrected chi connectivity index (χ4v) is 3.38. The largest absolute Gasteiger partial charge is 0.356 e. The molecule has 0 amide bonds. The lowest BCUT2D eigenvalue weighted by atomic mass is 10.2. The van der Waals surface area contributed by atoms with Crippen LogP contribution in [0.5, 0.6) is 0 Å². The van der Waals surface area contributed by atoms with Crippen LogP contribution in [0.1, 0.15) is 5.56 Å². The maximum Gasteiger partial charge on any atom is 0.162 e. The van der Waals surface area contributed by atoms with Gasteiger partial charge in [0.1, 0.15) is 12.1 Å². The Hall–Kier alpha value is -3.74. The van der Waals surface area contributed by atoms with E-state index in [2.05, 4.69) is 15.3 Å². The molecule has 5 rings (SSSR count). The van der Waals surface area contributed by atoms with E-state index in [0.717, 1.165) is 40.2 Å². The average molecular weight is 356 g/mol. The summed E-state index contributed by atoms with van der Waals surface area (Å²) in [5.74, 6) is 1.50. The molecule has 7 heteroatoms. The maximum absolute atomic E-state index is 11.6. The molecule has 1 aliphatic rings. The molecule has 0 bridgehead atoms. The van der Waals surface area contributed by atoms with E-state index >= 15 is 0 Å². The van der Waals surface area contributed by atoms with E-state index in [-0.39, 0.29) is 0 Å². The summed E-state index contributed by atoms with van der Waals surface area (Å²) >= 11 is 0. The van der Waals surface area contributed by atoms with Gasteiger partial charge in [0, 0.05) is 18.9 Å². The van der Waals surface area contributed by atoms with Crippen molar-refractivity contribution in [2.45, 2.75) is 12.7 Å². The molecule has 4 aromatic rings. The molecule has 0 spiro atoms. The Morgan fingerprint density at radius 2 is 2.04 bits per heavy atom. The van der Waals surface area contributed by atoms with Crippen LogP contribution in [0.25, 0.3) is 16.9 Å². The fraction of sp³-hybridized carbons (Fsp3) is 0.100. The van der Waals surface area contributed by atoms with Crippen LogP contribution in [0.4, 0.5) is 11.5 Å². The number of fused-ring (bicyclic) bond motifs is 2. The number of imidazole rings is 1. The lowest BCUT2D eigenvalue weighted by Gasteiger charge is -2.22. The van der Waals surface area contributed by atoms with Crippen molar-refractivity contribution in [2.75, 3.05) is 10.2 Å². The molecular weight excluding hydrogens is 340 g/mol. The van der Waals surface area contributed by atoms with E-state index in [9.17, 15) is 4.79 Å². The Morgan fingerprint density at radius 3 is 2.89 bits per heavy atom. The van der Waals surface area contributed by atoms with Crippen LogP contribution in [-0.2, 0) is 11.3 Å². The minimum atomic E-state index is -0.456. The van der Waals surface area contributed by atoms with Crippen molar-refractivity contribution in [2.24, 2.45) is 0 Å². The van der Waals surface area contributed by atoms with Crippen molar-refractivity contribution in [1.29, 1.82) is 0 Å². The third-order valence-corrected chi connectivity index (χ3v) is 4.68. The third kappa shape index (κ3) is 2.60. The Morgan fingerprint density at radius 1 is 1.11 bits per heavy atom. The van der Waals surface area contributed by atoms with Crippen molar-refractivity contribution in [1.82, 2.24) is 19.5 Å². The van der Waals surface area contributed by atoms with Crippen molar-refractivity contribution in [3.8, 4) is 5.82 Å². The van der Waals surface area contributed by atoms with Crippen molar-refractivity contribution < 1.29 is 4.79 Å². The van der Waals surface area contributed by atoms with Gasteiger partial charge in [-0.3, -0.25) is 14.3 Å². The van der Waals surface area contributed by atoms with Gasteiger partial charge < -0.3 is 10.2 Å². The standard InChI is InChI=1S/C20H16N6O/c27-12-19-23-16-7-8-18(26-13-22-15-5-1-2-6-17(15)26)24-20(16)25(19)11-14-4-3-9-21-10-14/h1-10,12-13,19,23H,11H2. The zero-order valence-corrected chi connectivity index (χ0v) is 14.4. The second-order valence-corrected chi connectivity index (χ2v) is 6.36. The molecule has 1 aromatic carbocycles. The zero-order valence-electron chi connectivity index (χ0n) is 14.4. The van der Waals surface area contributed by atoms with E-state index in [1.54, 1.807) is 18.7 Å². The van der Waals surface area contributed by atoms with Crippen LogP contribution < -0.4 is 10.2 Å². The highest BCUT2D eigenvalue weighted by Crippen LogP contribution is 2.34. The molecule has 1 N–H and O–H groups in total. The Kier molecular flexibility index (Phi) is 3.57. The van der Waals surface area contributed by atoms with Gasteiger partial charge in [0.15, 0.2) is 18.3 Å². The lowest BCUT2D eigenvalue weighted by molar-refractivity contribution is -0.108. The van der Waals surface area contributed by atoms with E-state index in [0.29, 0.717) is 6.54 Å². The zero-order chi connectivity index (χ0) is 18.2. The van der Waals surface area contributed by atoms with Crippen LogP contribution in [-0.4, -0.2) is 32.0 Å². The quantitative estimate of drug-likeness (QED) is 0.567. The number of para-hydroxylation sites is 2. The molecule has 27 heavy (non-hydrogen) atoms. The second-order valence-electron chi connectivity index (χ2n) is 6.36. The molecule has 1 aliphatic heterocycles. The molecule has 0 saturated heterocycles. The third-order valence-electron chi connectivity index (χ3n) is 4.68. The first-order valence-corrected chi connectivity index (χ1v) is 8.64. The summed E-state index contributed by atoms with van der Waals surface area (Å²) < 4.78 is 1.95. The number of aromatic nitrogens is 4. The van der Waals surface area contributed by atoms with Crippen LogP contribution >= 0.6 is 0 Å². The number of nitrogens with zero attached hydrogens (tertiary/aromatic N) is 5. The summed E-state index contributed by atoms with van der Waals surface area (Å²) in [6.45, 7) is 0.540. The maximum atomic E-state index is 11.6. The number of carbonyl (C=O) groups excluding carboxylic acids is 1. The van der Waals surface area contributed by atoms with Gasteiger partial charge in [-0.1, -0.05) is 18.2 Å². The Labute approximate surface area is 155 Å². The van der Waals surface area contributed by atoms with Gasteiger partial charge in [0.2, 0.25) is 0 Å². The minimum absolute atomic E-state index is 0.456. The molecule has 0 fully saturated rings. The van der Waals surface area contributed by atoms with Gasteiger partial charge in [-0.15, -0.1) is 0 Å². The van der Waals surface area contributed by atoms with Gasteiger partial charge in [-0.05, 0) is 35.9 Å². The summed E-state index contributed by atoms with van der Waals surface area (Å²) in [4.78, 5) is 27.0. The fourth-order valence-electron chi connectivity index (χ4n) is 3.38. The van der Waals surface area contributed by atoms with Crippen molar-refractivity contribution >= 4 is 28.8 Å². The molecule has 0 aliphatic carbocycles. The van der Waals surface area contributed by atoms with Gasteiger partial charge in [-0.2, -0.15) is 0 Å². The molecular formula is C20H16N6O. The van der Waals surface area contributed by atoms with Gasteiger partial charge in [0.05, 0.1) is 16.7 Å². The monoisotopic (exact) mass is 356 g/mol. The number of aldehydes is 1. The number of pyridine rings is 2. The SMILES string of the molecule is O=CC1Nc2ccc(-n3cnc4ccccc43)nc2N1Cc1cccnc1. The topological polar surface area (TPSA) is 75.9 Å². The van der Waals surface area contributed by atoms with Gasteiger partial charge >= 0.3 is 0 Å². The highest BCUT2D eigenvalue weighted by Gasteiger charge is 2.30. The Balaban J connectivity index is 1.57. The summed E-state index contributed by atoms with van der Waals surface area (Å²) in [5.41, 5.74) is 3.75. The second kappa shape index (κ2) is 6.21. The van der Waals surface area contributed by atoms with Gasteiger partial charge in [-0.25, -0.2) is 9.97 Å². The van der Waals surface area contributed by atoms with E-state index in [1.807, 2.05) is 58.0 Å². The molecule has 4 heterocycles. The van der Waals surface area contributed by atoms with Crippen molar-refractivity contribution in [3.05, 3.63) is 72.8 Å². The van der Waals surface area contributed by atoms with E-state index in [1.165, 1.54) is 0 Å². The smallest absolute Gasteiger partial charge is 0.162 e. The number of rotatable bonds is 4. The first kappa shape index (κ1) is 15.5. The van der Waals surface area contributed by atoms with Crippen LogP contribution in [0, 0.1) is 0 Å². The molecule has 132 valence electrons. The summed E-state index contributed by atoms with van der Waals surface area (Å²) in [6.07, 6.45) is 5.74. The van der Waals surface area contributed by atoms with E-state index < -0.39 is 6.17 Å². The normalized spacial score (nSPS) is 15.6. The van der Waals surface area contributed by atoms with Crippen LogP contribution in [0.3, 0.4) is 0 Å². The Bertz CT molecular complexity index is 1120. The minimum Gasteiger partial charge on any atom is -0.356 e. The molecule has 0 radical (unpaired) electrons. The number of hydrogen-bond donors (Lipinski definition) is 1. The highest BCUT2D eigenvalue weighted by atomic mass is 16.1. The number of benzene rings is 1. The molecule has 3 aromatic heterocycles. The van der Waals surface area contributed by atoms with Gasteiger partial charge in [0.25, 0.3) is 0 Å². The number of hydrogen-bond acceptors (Lipinski definition) is 6. The van der Waals surface area contributed by atoms with Crippen LogP contribution in [0.15, 0.2) is 67.3 Å².